The van der Waals surface area contributed by atoms with Crippen LogP contribution in [0.2, 0.25) is 0 Å². The molecule has 4 heteroatoms. The molecule has 0 aliphatic heterocycles. The number of sulfone groups is 1. The Hall–Kier alpha value is -1.65. The highest BCUT2D eigenvalue weighted by atomic mass is 32.2. The quantitative estimate of drug-likeness (QED) is 0.892. The number of rotatable bonds is 6. The minimum atomic E-state index is -3.32. The largest absolute Gasteiger partial charge is 0.309 e. The first-order valence-corrected chi connectivity index (χ1v) is 8.76. The maximum atomic E-state index is 12.7. The van der Waals surface area contributed by atoms with Crippen LogP contribution in [-0.2, 0) is 9.84 Å². The van der Waals surface area contributed by atoms with Gasteiger partial charge in [-0.05, 0) is 30.7 Å². The number of hydrogen-bond donors (Lipinski definition) is 1. The van der Waals surface area contributed by atoms with E-state index in [-0.39, 0.29) is 11.8 Å². The molecule has 2 aromatic carbocycles. The molecular formula is C17H21NO2S. The van der Waals surface area contributed by atoms with Gasteiger partial charge >= 0.3 is 0 Å². The lowest BCUT2D eigenvalue weighted by Gasteiger charge is -2.19. The minimum absolute atomic E-state index is 0.0652. The molecule has 0 aromatic heterocycles. The van der Waals surface area contributed by atoms with E-state index in [0.717, 1.165) is 17.7 Å². The number of benzene rings is 2. The highest BCUT2D eigenvalue weighted by Crippen LogP contribution is 2.22. The lowest BCUT2D eigenvalue weighted by molar-refractivity contribution is 0.559. The average Bonchev–Trinajstić information content (AvgIpc) is 2.48. The molecular weight excluding hydrogens is 282 g/mol. The van der Waals surface area contributed by atoms with Crippen LogP contribution >= 0.6 is 0 Å². The van der Waals surface area contributed by atoms with Gasteiger partial charge in [-0.3, -0.25) is 0 Å². The van der Waals surface area contributed by atoms with Crippen molar-refractivity contribution in [2.45, 2.75) is 24.8 Å². The molecule has 0 radical (unpaired) electrons. The predicted molar refractivity (Wildman–Crippen MR) is 86.1 cm³/mol. The van der Waals surface area contributed by atoms with Crippen molar-refractivity contribution < 1.29 is 8.42 Å². The van der Waals surface area contributed by atoms with Gasteiger partial charge in [0.05, 0.1) is 10.6 Å². The van der Waals surface area contributed by atoms with E-state index in [2.05, 4.69) is 5.32 Å². The second-order valence-electron chi connectivity index (χ2n) is 5.07. The second-order valence-corrected chi connectivity index (χ2v) is 7.07. The summed E-state index contributed by atoms with van der Waals surface area (Å²) in [7, 11) is -3.32. The van der Waals surface area contributed by atoms with Gasteiger partial charge in [0.25, 0.3) is 0 Å². The SMILES string of the molecule is CCNC(CS(=O)(=O)c1ccccc1C)c1ccccc1. The summed E-state index contributed by atoms with van der Waals surface area (Å²) in [4.78, 5) is 0.420. The van der Waals surface area contributed by atoms with Crippen LogP contribution < -0.4 is 5.32 Å². The predicted octanol–water partition coefficient (Wildman–Crippen LogP) is 3.12. The number of hydrogen-bond acceptors (Lipinski definition) is 3. The lowest BCUT2D eigenvalue weighted by atomic mass is 10.1. The smallest absolute Gasteiger partial charge is 0.180 e. The summed E-state index contributed by atoms with van der Waals surface area (Å²) in [5.41, 5.74) is 1.79. The first kappa shape index (κ1) is 15.7. The van der Waals surface area contributed by atoms with Gasteiger partial charge in [0.15, 0.2) is 9.84 Å². The average molecular weight is 303 g/mol. The Kier molecular flexibility index (Phi) is 5.15. The molecule has 0 heterocycles. The van der Waals surface area contributed by atoms with E-state index in [1.807, 2.05) is 56.3 Å². The van der Waals surface area contributed by atoms with Gasteiger partial charge in [-0.15, -0.1) is 0 Å². The van der Waals surface area contributed by atoms with Crippen molar-refractivity contribution in [3.63, 3.8) is 0 Å². The molecule has 0 aliphatic rings. The van der Waals surface area contributed by atoms with Gasteiger partial charge < -0.3 is 5.32 Å². The molecule has 3 nitrogen and oxygen atoms in total. The Labute approximate surface area is 126 Å². The molecule has 0 saturated carbocycles. The molecule has 0 amide bonds. The molecule has 1 unspecified atom stereocenters. The van der Waals surface area contributed by atoms with Crippen LogP contribution in [0.3, 0.4) is 0 Å². The van der Waals surface area contributed by atoms with Gasteiger partial charge in [-0.2, -0.15) is 0 Å². The Morgan fingerprint density at radius 3 is 2.24 bits per heavy atom. The fourth-order valence-corrected chi connectivity index (χ4v) is 4.19. The van der Waals surface area contributed by atoms with E-state index >= 15 is 0 Å². The van der Waals surface area contributed by atoms with Crippen LogP contribution in [0.1, 0.15) is 24.1 Å². The molecule has 21 heavy (non-hydrogen) atoms. The molecule has 0 saturated heterocycles. The third kappa shape index (κ3) is 3.93. The summed E-state index contributed by atoms with van der Waals surface area (Å²) in [5, 5.41) is 3.27. The van der Waals surface area contributed by atoms with Crippen LogP contribution in [-0.4, -0.2) is 20.7 Å². The minimum Gasteiger partial charge on any atom is -0.309 e. The van der Waals surface area contributed by atoms with Crippen LogP contribution in [0.4, 0.5) is 0 Å². The molecule has 0 aliphatic carbocycles. The monoisotopic (exact) mass is 303 g/mol. The van der Waals surface area contributed by atoms with E-state index in [1.165, 1.54) is 0 Å². The van der Waals surface area contributed by atoms with Crippen molar-refractivity contribution in [2.24, 2.45) is 0 Å². The van der Waals surface area contributed by atoms with E-state index in [9.17, 15) is 8.42 Å². The molecule has 0 spiro atoms. The van der Waals surface area contributed by atoms with E-state index in [4.69, 9.17) is 0 Å². The normalized spacial score (nSPS) is 13.0. The molecule has 1 atom stereocenters. The third-order valence-corrected chi connectivity index (χ3v) is 5.37. The van der Waals surface area contributed by atoms with Crippen LogP contribution in [0.25, 0.3) is 0 Å². The fraction of sp³-hybridized carbons (Fsp3) is 0.294. The van der Waals surface area contributed by atoms with Crippen molar-refractivity contribution in [3.05, 3.63) is 65.7 Å². The summed E-state index contributed by atoms with van der Waals surface area (Å²) in [5.74, 6) is 0.0652. The van der Waals surface area contributed by atoms with Crippen molar-refractivity contribution in [3.8, 4) is 0 Å². The van der Waals surface area contributed by atoms with Gasteiger partial charge in [0.1, 0.15) is 0 Å². The third-order valence-electron chi connectivity index (χ3n) is 3.47. The second kappa shape index (κ2) is 6.87. The van der Waals surface area contributed by atoms with Gasteiger partial charge in [-0.25, -0.2) is 8.42 Å². The van der Waals surface area contributed by atoms with E-state index in [1.54, 1.807) is 12.1 Å². The summed E-state index contributed by atoms with van der Waals surface area (Å²) in [6.45, 7) is 4.54. The Bertz CT molecular complexity index is 681. The molecule has 2 aromatic rings. The molecule has 0 fully saturated rings. The van der Waals surface area contributed by atoms with Crippen LogP contribution in [0, 0.1) is 6.92 Å². The first-order chi connectivity index (χ1) is 10.0. The van der Waals surface area contributed by atoms with E-state index < -0.39 is 9.84 Å². The van der Waals surface area contributed by atoms with Gasteiger partial charge in [0.2, 0.25) is 0 Å². The Morgan fingerprint density at radius 1 is 1.00 bits per heavy atom. The Morgan fingerprint density at radius 2 is 1.62 bits per heavy atom. The summed E-state index contributed by atoms with van der Waals surface area (Å²) < 4.78 is 25.3. The van der Waals surface area contributed by atoms with Crippen molar-refractivity contribution in [1.82, 2.24) is 5.32 Å². The highest BCUT2D eigenvalue weighted by molar-refractivity contribution is 7.91. The summed E-state index contributed by atoms with van der Waals surface area (Å²) in [6.07, 6.45) is 0. The Balaban J connectivity index is 2.30. The zero-order chi connectivity index (χ0) is 15.3. The molecule has 112 valence electrons. The summed E-state index contributed by atoms with van der Waals surface area (Å²) >= 11 is 0. The maximum absolute atomic E-state index is 12.7. The zero-order valence-corrected chi connectivity index (χ0v) is 13.2. The van der Waals surface area contributed by atoms with E-state index in [0.29, 0.717) is 4.90 Å². The summed E-state index contributed by atoms with van der Waals surface area (Å²) in [6, 6.07) is 16.7. The maximum Gasteiger partial charge on any atom is 0.180 e. The van der Waals surface area contributed by atoms with Gasteiger partial charge in [0, 0.05) is 6.04 Å². The standard InChI is InChI=1S/C17H21NO2S/c1-3-18-16(15-10-5-4-6-11-15)13-21(19,20)17-12-8-7-9-14(17)2/h4-12,16,18H,3,13H2,1-2H3. The van der Waals surface area contributed by atoms with Crippen molar-refractivity contribution in [2.75, 3.05) is 12.3 Å². The fourth-order valence-electron chi connectivity index (χ4n) is 2.42. The molecule has 0 bridgehead atoms. The van der Waals surface area contributed by atoms with Crippen molar-refractivity contribution >= 4 is 9.84 Å². The number of aryl methyl sites for hydroxylation is 1. The highest BCUT2D eigenvalue weighted by Gasteiger charge is 2.23. The topological polar surface area (TPSA) is 46.2 Å². The van der Waals surface area contributed by atoms with Crippen LogP contribution in [0.5, 0.6) is 0 Å². The molecule has 1 N–H and O–H groups in total. The van der Waals surface area contributed by atoms with Crippen molar-refractivity contribution in [1.29, 1.82) is 0 Å². The number of nitrogens with one attached hydrogen (secondary N) is 1. The lowest BCUT2D eigenvalue weighted by Crippen LogP contribution is -2.28. The first-order valence-electron chi connectivity index (χ1n) is 7.11. The van der Waals surface area contributed by atoms with Gasteiger partial charge in [-0.1, -0.05) is 55.5 Å². The molecule has 2 rings (SSSR count). The van der Waals surface area contributed by atoms with Crippen LogP contribution in [0.15, 0.2) is 59.5 Å². The zero-order valence-electron chi connectivity index (χ0n) is 12.4.